The Hall–Kier alpha value is -2.08. The van der Waals surface area contributed by atoms with Gasteiger partial charge in [-0.1, -0.05) is 6.07 Å². The molecule has 2 rings (SSSR count). The second-order valence-electron chi connectivity index (χ2n) is 4.98. The van der Waals surface area contributed by atoms with Gasteiger partial charge in [-0.15, -0.1) is 0 Å². The van der Waals surface area contributed by atoms with E-state index in [9.17, 15) is 9.59 Å². The number of benzene rings is 1. The average Bonchev–Trinajstić information content (AvgIpc) is 2.89. The molecule has 1 heterocycles. The van der Waals surface area contributed by atoms with Gasteiger partial charge in [-0.05, 0) is 37.0 Å². The molecule has 0 unspecified atom stereocenters. The van der Waals surface area contributed by atoms with Gasteiger partial charge in [0.2, 0.25) is 0 Å². The first-order valence-electron chi connectivity index (χ1n) is 7.04. The molecule has 6 nitrogen and oxygen atoms in total. The predicted octanol–water partition coefficient (Wildman–Crippen LogP) is 1.88. The van der Waals surface area contributed by atoms with E-state index >= 15 is 0 Å². The third-order valence-corrected chi connectivity index (χ3v) is 3.52. The van der Waals surface area contributed by atoms with Crippen LogP contribution in [0.2, 0.25) is 0 Å². The van der Waals surface area contributed by atoms with E-state index in [1.54, 1.807) is 30.2 Å². The molecular formula is C15H20N2O4. The van der Waals surface area contributed by atoms with E-state index < -0.39 is 5.97 Å². The van der Waals surface area contributed by atoms with Crippen molar-refractivity contribution in [3.8, 4) is 0 Å². The Balaban J connectivity index is 1.96. The molecule has 21 heavy (non-hydrogen) atoms. The first-order valence-corrected chi connectivity index (χ1v) is 7.04. The number of fused-ring (bicyclic) bond motifs is 1. The SMILES string of the molecule is COCCCCNC(=O)N1CCc2ccc(C(=O)O)cc21. The Morgan fingerprint density at radius 3 is 2.90 bits per heavy atom. The number of amides is 2. The van der Waals surface area contributed by atoms with Crippen molar-refractivity contribution in [3.63, 3.8) is 0 Å². The van der Waals surface area contributed by atoms with Gasteiger partial charge in [-0.25, -0.2) is 9.59 Å². The number of methoxy groups -OCH3 is 1. The maximum atomic E-state index is 12.2. The average molecular weight is 292 g/mol. The van der Waals surface area contributed by atoms with Gasteiger partial charge in [0.05, 0.1) is 5.56 Å². The fraction of sp³-hybridized carbons (Fsp3) is 0.467. The zero-order valence-electron chi connectivity index (χ0n) is 12.1. The summed E-state index contributed by atoms with van der Waals surface area (Å²) >= 11 is 0. The highest BCUT2D eigenvalue weighted by molar-refractivity contribution is 5.96. The summed E-state index contributed by atoms with van der Waals surface area (Å²) in [5, 5.41) is 11.9. The molecular weight excluding hydrogens is 272 g/mol. The molecule has 114 valence electrons. The Morgan fingerprint density at radius 2 is 2.19 bits per heavy atom. The maximum Gasteiger partial charge on any atom is 0.335 e. The first-order chi connectivity index (χ1) is 10.1. The van der Waals surface area contributed by atoms with Crippen LogP contribution in [-0.4, -0.2) is 43.9 Å². The quantitative estimate of drug-likeness (QED) is 0.785. The summed E-state index contributed by atoms with van der Waals surface area (Å²) in [4.78, 5) is 24.8. The minimum Gasteiger partial charge on any atom is -0.478 e. The lowest BCUT2D eigenvalue weighted by atomic mass is 10.1. The molecule has 1 aromatic carbocycles. The lowest BCUT2D eigenvalue weighted by molar-refractivity contribution is 0.0697. The molecule has 0 bridgehead atoms. The van der Waals surface area contributed by atoms with Crippen molar-refractivity contribution in [2.75, 3.05) is 31.7 Å². The summed E-state index contributed by atoms with van der Waals surface area (Å²) in [7, 11) is 1.65. The minimum absolute atomic E-state index is 0.172. The molecule has 0 fully saturated rings. The number of nitrogens with one attached hydrogen (secondary N) is 1. The first kappa shape index (κ1) is 15.3. The second-order valence-corrected chi connectivity index (χ2v) is 4.98. The van der Waals surface area contributed by atoms with E-state index in [0.717, 1.165) is 24.8 Å². The number of carbonyl (C=O) groups is 2. The molecule has 0 spiro atoms. The number of aromatic carboxylic acids is 1. The molecule has 0 saturated heterocycles. The Bertz CT molecular complexity index is 530. The molecule has 1 aliphatic rings. The highest BCUT2D eigenvalue weighted by atomic mass is 16.5. The number of hydrogen-bond acceptors (Lipinski definition) is 3. The van der Waals surface area contributed by atoms with Crippen LogP contribution >= 0.6 is 0 Å². The Kier molecular flexibility index (Phi) is 5.16. The number of carboxylic acid groups (broad SMARTS) is 1. The summed E-state index contributed by atoms with van der Waals surface area (Å²) in [6, 6.07) is 4.75. The topological polar surface area (TPSA) is 78.9 Å². The van der Waals surface area contributed by atoms with E-state index in [4.69, 9.17) is 9.84 Å². The maximum absolute atomic E-state index is 12.2. The van der Waals surface area contributed by atoms with E-state index in [1.165, 1.54) is 0 Å². The van der Waals surface area contributed by atoms with Crippen LogP contribution in [0, 0.1) is 0 Å². The largest absolute Gasteiger partial charge is 0.478 e. The van der Waals surface area contributed by atoms with Crippen molar-refractivity contribution in [1.82, 2.24) is 5.32 Å². The fourth-order valence-corrected chi connectivity index (χ4v) is 2.39. The molecule has 2 N–H and O–H groups in total. The molecule has 0 atom stereocenters. The predicted molar refractivity (Wildman–Crippen MR) is 79.0 cm³/mol. The number of hydrogen-bond donors (Lipinski definition) is 2. The van der Waals surface area contributed by atoms with Crippen molar-refractivity contribution >= 4 is 17.7 Å². The van der Waals surface area contributed by atoms with Gasteiger partial charge >= 0.3 is 12.0 Å². The lowest BCUT2D eigenvalue weighted by Crippen LogP contribution is -2.39. The number of anilines is 1. The van der Waals surface area contributed by atoms with Crippen molar-refractivity contribution in [2.45, 2.75) is 19.3 Å². The zero-order chi connectivity index (χ0) is 15.2. The van der Waals surface area contributed by atoms with Gasteiger partial charge in [0.25, 0.3) is 0 Å². The summed E-state index contributed by atoms with van der Waals surface area (Å²) in [5.74, 6) is -0.982. The Labute approximate surface area is 123 Å². The lowest BCUT2D eigenvalue weighted by Gasteiger charge is -2.18. The standard InChI is InChI=1S/C15H20N2O4/c1-21-9-3-2-7-16-15(20)17-8-6-11-4-5-12(14(18)19)10-13(11)17/h4-5,10H,2-3,6-9H2,1H3,(H,16,20)(H,18,19). The van der Waals surface area contributed by atoms with Crippen molar-refractivity contribution in [1.29, 1.82) is 0 Å². The number of carboxylic acids is 1. The van der Waals surface area contributed by atoms with Gasteiger partial charge in [0, 0.05) is 32.5 Å². The minimum atomic E-state index is -0.982. The van der Waals surface area contributed by atoms with Crippen LogP contribution in [0.3, 0.4) is 0 Å². The third kappa shape index (κ3) is 3.72. The van der Waals surface area contributed by atoms with Gasteiger partial charge in [0.1, 0.15) is 0 Å². The van der Waals surface area contributed by atoms with E-state index in [1.807, 2.05) is 0 Å². The number of ether oxygens (including phenoxy) is 1. The highest BCUT2D eigenvalue weighted by Gasteiger charge is 2.25. The van der Waals surface area contributed by atoms with Crippen LogP contribution in [-0.2, 0) is 11.2 Å². The van der Waals surface area contributed by atoms with Gasteiger partial charge in [-0.2, -0.15) is 0 Å². The van der Waals surface area contributed by atoms with Crippen molar-refractivity contribution in [3.05, 3.63) is 29.3 Å². The number of nitrogens with zero attached hydrogens (tertiary/aromatic N) is 1. The molecule has 0 aromatic heterocycles. The second kappa shape index (κ2) is 7.08. The van der Waals surface area contributed by atoms with Crippen LogP contribution in [0.1, 0.15) is 28.8 Å². The summed E-state index contributed by atoms with van der Waals surface area (Å²) < 4.78 is 4.95. The number of rotatable bonds is 6. The fourth-order valence-electron chi connectivity index (χ4n) is 2.39. The van der Waals surface area contributed by atoms with E-state index in [2.05, 4.69) is 5.32 Å². The van der Waals surface area contributed by atoms with Gasteiger partial charge in [-0.3, -0.25) is 4.90 Å². The zero-order valence-corrected chi connectivity index (χ0v) is 12.1. The van der Waals surface area contributed by atoms with E-state index in [0.29, 0.717) is 25.4 Å². The normalized spacial score (nSPS) is 13.1. The third-order valence-electron chi connectivity index (χ3n) is 3.52. The number of unbranched alkanes of at least 4 members (excludes halogenated alkanes) is 1. The van der Waals surface area contributed by atoms with Gasteiger partial charge < -0.3 is 15.2 Å². The molecule has 0 aliphatic carbocycles. The van der Waals surface area contributed by atoms with Crippen LogP contribution in [0.5, 0.6) is 0 Å². The molecule has 1 aromatic rings. The van der Waals surface area contributed by atoms with E-state index in [-0.39, 0.29) is 11.6 Å². The number of urea groups is 1. The van der Waals surface area contributed by atoms with Crippen LogP contribution in [0.15, 0.2) is 18.2 Å². The molecule has 1 aliphatic heterocycles. The van der Waals surface area contributed by atoms with Crippen LogP contribution < -0.4 is 10.2 Å². The summed E-state index contributed by atoms with van der Waals surface area (Å²) in [6.45, 7) is 1.86. The Morgan fingerprint density at radius 1 is 1.38 bits per heavy atom. The van der Waals surface area contributed by atoms with Crippen LogP contribution in [0.25, 0.3) is 0 Å². The number of carbonyl (C=O) groups excluding carboxylic acids is 1. The van der Waals surface area contributed by atoms with Crippen molar-refractivity contribution in [2.24, 2.45) is 0 Å². The smallest absolute Gasteiger partial charge is 0.335 e. The molecule has 2 amide bonds. The molecule has 6 heteroatoms. The summed E-state index contributed by atoms with van der Waals surface area (Å²) in [5.41, 5.74) is 1.91. The summed E-state index contributed by atoms with van der Waals surface area (Å²) in [6.07, 6.45) is 2.51. The highest BCUT2D eigenvalue weighted by Crippen LogP contribution is 2.29. The van der Waals surface area contributed by atoms with Crippen molar-refractivity contribution < 1.29 is 19.4 Å². The van der Waals surface area contributed by atoms with Gasteiger partial charge in [0.15, 0.2) is 0 Å². The van der Waals surface area contributed by atoms with Crippen LogP contribution in [0.4, 0.5) is 10.5 Å². The monoisotopic (exact) mass is 292 g/mol. The molecule has 0 radical (unpaired) electrons. The molecule has 0 saturated carbocycles.